The molecule has 1 heterocycles. The van der Waals surface area contributed by atoms with E-state index in [1.807, 2.05) is 55.9 Å². The lowest BCUT2D eigenvalue weighted by Gasteiger charge is -2.11. The Labute approximate surface area is 175 Å². The molecular formula is C23H25N3O4. The van der Waals surface area contributed by atoms with E-state index in [0.29, 0.717) is 12.4 Å². The lowest BCUT2D eigenvalue weighted by atomic mass is 10.1. The van der Waals surface area contributed by atoms with Crippen LogP contribution in [-0.2, 0) is 23.0 Å². The first-order valence-electron chi connectivity index (χ1n) is 9.89. The van der Waals surface area contributed by atoms with Crippen molar-refractivity contribution in [3.8, 4) is 22.8 Å². The monoisotopic (exact) mass is 407 g/mol. The Balaban J connectivity index is 1.63. The Hall–Kier alpha value is -3.48. The van der Waals surface area contributed by atoms with E-state index >= 15 is 0 Å². The first-order valence-corrected chi connectivity index (χ1v) is 9.89. The smallest absolute Gasteiger partial charge is 0.343 e. The first kappa shape index (κ1) is 19.8. The summed E-state index contributed by atoms with van der Waals surface area (Å²) in [6, 6.07) is 12.0. The van der Waals surface area contributed by atoms with E-state index in [-0.39, 0.29) is 6.61 Å². The topological polar surface area (TPSA) is 74.6 Å². The molecule has 4 rings (SSSR count). The summed E-state index contributed by atoms with van der Waals surface area (Å²) in [6.45, 7) is 4.45. The number of nitrogens with zero attached hydrogens (tertiary/aromatic N) is 2. The van der Waals surface area contributed by atoms with E-state index in [2.05, 4.69) is 16.1 Å². The highest BCUT2D eigenvalue weighted by molar-refractivity contribution is 5.81. The number of aryl methyl sites for hydroxylation is 2. The zero-order valence-corrected chi connectivity index (χ0v) is 17.6. The molecule has 0 spiro atoms. The maximum absolute atomic E-state index is 11.4. The van der Waals surface area contributed by atoms with Crippen LogP contribution in [0.25, 0.3) is 11.3 Å². The Bertz CT molecular complexity index is 1100. The number of carbonyl (C=O) groups is 1. The van der Waals surface area contributed by atoms with Crippen LogP contribution < -0.4 is 14.8 Å². The molecule has 30 heavy (non-hydrogen) atoms. The number of aromatic nitrogens is 2. The van der Waals surface area contributed by atoms with Crippen molar-refractivity contribution >= 4 is 17.5 Å². The van der Waals surface area contributed by atoms with Gasteiger partial charge in [0.15, 0.2) is 12.4 Å². The standard InChI is InChI=1S/C23H25N3O4/c1-5-29-17-8-6-7-16(11-17)24-23-19-10-15-9-14(2)20(30-13-21(27)28-4)12-18(15)22(19)26(3)25-23/h6-9,11-12H,5,10,13H2,1-4H3,(H,24,25). The van der Waals surface area contributed by atoms with Gasteiger partial charge in [-0.1, -0.05) is 12.1 Å². The molecule has 0 bridgehead atoms. The quantitative estimate of drug-likeness (QED) is 0.467. The van der Waals surface area contributed by atoms with Crippen LogP contribution in [0.4, 0.5) is 11.5 Å². The first-order chi connectivity index (χ1) is 14.5. The second kappa shape index (κ2) is 8.10. The van der Waals surface area contributed by atoms with Gasteiger partial charge in [-0.3, -0.25) is 4.68 Å². The van der Waals surface area contributed by atoms with Crippen molar-refractivity contribution in [1.29, 1.82) is 0 Å². The number of benzene rings is 2. The van der Waals surface area contributed by atoms with E-state index in [1.54, 1.807) is 0 Å². The molecule has 0 atom stereocenters. The fourth-order valence-electron chi connectivity index (χ4n) is 3.80. The molecule has 2 aromatic carbocycles. The van der Waals surface area contributed by atoms with Gasteiger partial charge < -0.3 is 19.5 Å². The fourth-order valence-corrected chi connectivity index (χ4v) is 3.80. The summed E-state index contributed by atoms with van der Waals surface area (Å²) in [5, 5.41) is 8.12. The number of rotatable bonds is 7. The molecule has 0 aliphatic heterocycles. The van der Waals surface area contributed by atoms with Crippen LogP contribution in [0.1, 0.15) is 23.6 Å². The number of anilines is 2. The van der Waals surface area contributed by atoms with E-state index in [0.717, 1.165) is 46.1 Å². The Morgan fingerprint density at radius 2 is 2.07 bits per heavy atom. The van der Waals surface area contributed by atoms with Crippen LogP contribution in [0.15, 0.2) is 36.4 Å². The predicted octanol–water partition coefficient (Wildman–Crippen LogP) is 3.99. The Morgan fingerprint density at radius 1 is 1.23 bits per heavy atom. The number of hydrogen-bond donors (Lipinski definition) is 1. The van der Waals surface area contributed by atoms with Crippen molar-refractivity contribution in [3.63, 3.8) is 0 Å². The molecule has 7 nitrogen and oxygen atoms in total. The van der Waals surface area contributed by atoms with E-state index in [9.17, 15) is 4.79 Å². The van der Waals surface area contributed by atoms with Crippen molar-refractivity contribution in [1.82, 2.24) is 9.78 Å². The highest BCUT2D eigenvalue weighted by atomic mass is 16.6. The summed E-state index contributed by atoms with van der Waals surface area (Å²) >= 11 is 0. The number of carbonyl (C=O) groups excluding carboxylic acids is 1. The van der Waals surface area contributed by atoms with Crippen LogP contribution in [0.5, 0.6) is 11.5 Å². The number of ether oxygens (including phenoxy) is 3. The van der Waals surface area contributed by atoms with Crippen molar-refractivity contribution in [3.05, 3.63) is 53.1 Å². The lowest BCUT2D eigenvalue weighted by Crippen LogP contribution is -2.13. The zero-order chi connectivity index (χ0) is 21.3. The molecule has 0 saturated carbocycles. The molecule has 1 N–H and O–H groups in total. The Kier molecular flexibility index (Phi) is 5.35. The molecule has 0 amide bonds. The van der Waals surface area contributed by atoms with Gasteiger partial charge in [-0.05, 0) is 43.2 Å². The average Bonchev–Trinajstić information content (AvgIpc) is 3.23. The molecule has 1 aromatic heterocycles. The minimum absolute atomic E-state index is 0.114. The minimum atomic E-state index is -0.406. The van der Waals surface area contributed by atoms with Crippen molar-refractivity contribution in [2.75, 3.05) is 25.6 Å². The minimum Gasteiger partial charge on any atom is -0.494 e. The molecule has 7 heteroatoms. The van der Waals surface area contributed by atoms with Crippen LogP contribution in [0.3, 0.4) is 0 Å². The summed E-state index contributed by atoms with van der Waals surface area (Å²) < 4.78 is 17.8. The maximum Gasteiger partial charge on any atom is 0.343 e. The second-order valence-corrected chi connectivity index (χ2v) is 7.20. The molecule has 156 valence electrons. The van der Waals surface area contributed by atoms with E-state index in [1.165, 1.54) is 12.7 Å². The molecule has 1 aliphatic rings. The molecule has 3 aromatic rings. The maximum atomic E-state index is 11.4. The molecule has 0 fully saturated rings. The summed E-state index contributed by atoms with van der Waals surface area (Å²) in [4.78, 5) is 11.4. The SMILES string of the molecule is CCOc1cccc(Nc2nn(C)c3c2Cc2cc(C)c(OCC(=O)OC)cc2-3)c1. The predicted molar refractivity (Wildman–Crippen MR) is 115 cm³/mol. The number of methoxy groups -OCH3 is 1. The van der Waals surface area contributed by atoms with Gasteiger partial charge in [-0.2, -0.15) is 5.10 Å². The van der Waals surface area contributed by atoms with Gasteiger partial charge in [0.25, 0.3) is 0 Å². The summed E-state index contributed by atoms with van der Waals surface area (Å²) in [5.74, 6) is 1.91. The van der Waals surface area contributed by atoms with Crippen LogP contribution >= 0.6 is 0 Å². The van der Waals surface area contributed by atoms with Gasteiger partial charge in [0.05, 0.1) is 19.4 Å². The third-order valence-corrected chi connectivity index (χ3v) is 5.15. The van der Waals surface area contributed by atoms with Crippen LogP contribution in [0, 0.1) is 6.92 Å². The third kappa shape index (κ3) is 3.70. The van der Waals surface area contributed by atoms with Crippen LogP contribution in [-0.4, -0.2) is 36.1 Å². The Morgan fingerprint density at radius 3 is 2.83 bits per heavy atom. The largest absolute Gasteiger partial charge is 0.494 e. The lowest BCUT2D eigenvalue weighted by molar-refractivity contribution is -0.142. The van der Waals surface area contributed by atoms with Gasteiger partial charge in [0, 0.05) is 36.3 Å². The highest BCUT2D eigenvalue weighted by Gasteiger charge is 2.28. The van der Waals surface area contributed by atoms with Crippen molar-refractivity contribution in [2.45, 2.75) is 20.3 Å². The van der Waals surface area contributed by atoms with E-state index in [4.69, 9.17) is 14.6 Å². The number of fused-ring (bicyclic) bond motifs is 3. The normalized spacial score (nSPS) is 11.6. The summed E-state index contributed by atoms with van der Waals surface area (Å²) in [5.41, 5.74) is 6.39. The number of nitrogens with one attached hydrogen (secondary N) is 1. The summed E-state index contributed by atoms with van der Waals surface area (Å²) in [7, 11) is 3.28. The number of hydrogen-bond acceptors (Lipinski definition) is 6. The van der Waals surface area contributed by atoms with Gasteiger partial charge in [0.1, 0.15) is 11.5 Å². The number of esters is 1. The average molecular weight is 407 g/mol. The highest BCUT2D eigenvalue weighted by Crippen LogP contribution is 2.43. The van der Waals surface area contributed by atoms with Gasteiger partial charge >= 0.3 is 5.97 Å². The summed E-state index contributed by atoms with van der Waals surface area (Å²) in [6.07, 6.45) is 0.782. The van der Waals surface area contributed by atoms with Crippen molar-refractivity contribution < 1.29 is 19.0 Å². The molecular weight excluding hydrogens is 382 g/mol. The zero-order valence-electron chi connectivity index (χ0n) is 17.6. The molecule has 0 radical (unpaired) electrons. The van der Waals surface area contributed by atoms with E-state index < -0.39 is 5.97 Å². The fraction of sp³-hybridized carbons (Fsp3) is 0.304. The van der Waals surface area contributed by atoms with Gasteiger partial charge in [0.2, 0.25) is 0 Å². The van der Waals surface area contributed by atoms with Crippen LogP contribution in [0.2, 0.25) is 0 Å². The van der Waals surface area contributed by atoms with Crippen molar-refractivity contribution in [2.24, 2.45) is 7.05 Å². The third-order valence-electron chi connectivity index (χ3n) is 5.15. The molecule has 0 saturated heterocycles. The van der Waals surface area contributed by atoms with Gasteiger partial charge in [-0.25, -0.2) is 4.79 Å². The van der Waals surface area contributed by atoms with Gasteiger partial charge in [-0.15, -0.1) is 0 Å². The second-order valence-electron chi connectivity index (χ2n) is 7.20. The molecule has 1 aliphatic carbocycles. The molecule has 0 unspecified atom stereocenters.